The number of benzene rings is 4. The first-order valence-corrected chi connectivity index (χ1v) is 11.0. The van der Waals surface area contributed by atoms with Gasteiger partial charge in [-0.1, -0.05) is 54.6 Å². The number of esters is 1. The lowest BCUT2D eigenvalue weighted by Gasteiger charge is -2.22. The number of carbonyl (C=O) groups excluding carboxylic acids is 1. The molecular weight excluding hydrogens is 382 g/mol. The van der Waals surface area contributed by atoms with Crippen LogP contribution in [-0.4, -0.2) is 17.1 Å². The maximum absolute atomic E-state index is 12.6. The predicted octanol–water partition coefficient (Wildman–Crippen LogP) is 6.74. The Bertz CT molecular complexity index is 1480. The van der Waals surface area contributed by atoms with Crippen LogP contribution in [0.3, 0.4) is 0 Å². The third-order valence-electron chi connectivity index (χ3n) is 6.50. The molecule has 0 aliphatic carbocycles. The van der Waals surface area contributed by atoms with Gasteiger partial charge in [-0.3, -0.25) is 0 Å². The van der Waals surface area contributed by atoms with Crippen LogP contribution in [0.2, 0.25) is 0 Å². The lowest BCUT2D eigenvalue weighted by molar-refractivity contribution is 0.0526. The summed E-state index contributed by atoms with van der Waals surface area (Å²) in [5.41, 5.74) is 7.08. The Morgan fingerprint density at radius 3 is 2.58 bits per heavy atom. The quantitative estimate of drug-likeness (QED) is 0.311. The lowest BCUT2D eigenvalue weighted by atomic mass is 9.86. The van der Waals surface area contributed by atoms with Crippen molar-refractivity contribution in [3.05, 3.63) is 83.9 Å². The number of hydrogen-bond acceptors (Lipinski definition) is 2. The van der Waals surface area contributed by atoms with Crippen molar-refractivity contribution in [2.24, 2.45) is 0 Å². The molecule has 6 rings (SSSR count). The number of ether oxygens (including phenoxy) is 1. The number of para-hydroxylation sites is 1. The fraction of sp³-hybridized carbons (Fsp3) is 0.179. The summed E-state index contributed by atoms with van der Waals surface area (Å²) >= 11 is 0. The molecule has 0 bridgehead atoms. The summed E-state index contributed by atoms with van der Waals surface area (Å²) in [6, 6.07) is 25.3. The van der Waals surface area contributed by atoms with Gasteiger partial charge >= 0.3 is 5.97 Å². The van der Waals surface area contributed by atoms with E-state index in [4.69, 9.17) is 4.74 Å². The second-order valence-electron chi connectivity index (χ2n) is 8.20. The summed E-state index contributed by atoms with van der Waals surface area (Å²) in [6.07, 6.45) is 2.15. The van der Waals surface area contributed by atoms with Gasteiger partial charge in [0.15, 0.2) is 0 Å². The van der Waals surface area contributed by atoms with Gasteiger partial charge in [0.25, 0.3) is 0 Å². The van der Waals surface area contributed by atoms with Gasteiger partial charge in [0, 0.05) is 22.8 Å². The zero-order chi connectivity index (χ0) is 20.9. The zero-order valence-electron chi connectivity index (χ0n) is 17.5. The van der Waals surface area contributed by atoms with E-state index in [9.17, 15) is 4.79 Å². The molecule has 1 aliphatic rings. The van der Waals surface area contributed by atoms with Crippen LogP contribution in [0.25, 0.3) is 43.7 Å². The molecule has 0 fully saturated rings. The molecule has 1 aromatic heterocycles. The van der Waals surface area contributed by atoms with Crippen molar-refractivity contribution in [1.82, 2.24) is 4.57 Å². The Balaban J connectivity index is 1.83. The van der Waals surface area contributed by atoms with Crippen molar-refractivity contribution in [2.45, 2.75) is 26.3 Å². The highest BCUT2D eigenvalue weighted by Gasteiger charge is 2.25. The van der Waals surface area contributed by atoms with Crippen LogP contribution in [0, 0.1) is 0 Å². The Labute approximate surface area is 180 Å². The number of hydrogen-bond donors (Lipinski definition) is 0. The highest BCUT2D eigenvalue weighted by atomic mass is 16.5. The van der Waals surface area contributed by atoms with Crippen molar-refractivity contribution >= 4 is 38.5 Å². The zero-order valence-corrected chi connectivity index (χ0v) is 17.5. The van der Waals surface area contributed by atoms with Crippen LogP contribution >= 0.6 is 0 Å². The maximum Gasteiger partial charge on any atom is 0.338 e. The molecule has 4 aromatic carbocycles. The van der Waals surface area contributed by atoms with E-state index in [2.05, 4.69) is 65.2 Å². The summed E-state index contributed by atoms with van der Waals surface area (Å²) in [4.78, 5) is 12.6. The van der Waals surface area contributed by atoms with Gasteiger partial charge in [0.1, 0.15) is 0 Å². The van der Waals surface area contributed by atoms with E-state index in [0.29, 0.717) is 12.2 Å². The van der Waals surface area contributed by atoms with E-state index < -0.39 is 0 Å². The average molecular weight is 405 g/mol. The van der Waals surface area contributed by atoms with Crippen molar-refractivity contribution in [2.75, 3.05) is 6.61 Å². The number of rotatable bonds is 3. The van der Waals surface area contributed by atoms with Crippen molar-refractivity contribution < 1.29 is 9.53 Å². The summed E-state index contributed by atoms with van der Waals surface area (Å²) in [5, 5.41) is 4.91. The molecule has 2 heterocycles. The van der Waals surface area contributed by atoms with Gasteiger partial charge in [-0.15, -0.1) is 0 Å². The fourth-order valence-electron chi connectivity index (χ4n) is 5.31. The molecule has 3 heteroatoms. The lowest BCUT2D eigenvalue weighted by Crippen LogP contribution is -2.09. The number of aryl methyl sites for hydroxylation is 2. The van der Waals surface area contributed by atoms with Crippen molar-refractivity contribution in [3.63, 3.8) is 0 Å². The maximum atomic E-state index is 12.6. The number of carbonyl (C=O) groups is 1. The predicted molar refractivity (Wildman–Crippen MR) is 127 cm³/mol. The van der Waals surface area contributed by atoms with Gasteiger partial charge in [-0.05, 0) is 65.4 Å². The van der Waals surface area contributed by atoms with Crippen LogP contribution in [0.15, 0.2) is 72.8 Å². The SMILES string of the molecule is CCOC(=O)c1ccc2c(c1)c(-c1ccccc1)c1c3c2c2ccccc2n3CCC1. The summed E-state index contributed by atoms with van der Waals surface area (Å²) in [5.74, 6) is -0.264. The van der Waals surface area contributed by atoms with Crippen LogP contribution in [-0.2, 0) is 17.7 Å². The third kappa shape index (κ3) is 2.63. The molecule has 5 aromatic rings. The van der Waals surface area contributed by atoms with Crippen molar-refractivity contribution in [1.29, 1.82) is 0 Å². The molecular formula is C28H23NO2. The Morgan fingerprint density at radius 2 is 1.74 bits per heavy atom. The Morgan fingerprint density at radius 1 is 0.935 bits per heavy atom. The van der Waals surface area contributed by atoms with Crippen molar-refractivity contribution in [3.8, 4) is 11.1 Å². The van der Waals surface area contributed by atoms with E-state index in [1.807, 2.05) is 19.1 Å². The topological polar surface area (TPSA) is 31.2 Å². The number of fused-ring (bicyclic) bond motifs is 5. The summed E-state index contributed by atoms with van der Waals surface area (Å²) < 4.78 is 7.80. The number of nitrogens with zero attached hydrogens (tertiary/aromatic N) is 1. The molecule has 0 spiro atoms. The largest absolute Gasteiger partial charge is 0.462 e. The van der Waals surface area contributed by atoms with Crippen LogP contribution in [0.1, 0.15) is 29.3 Å². The van der Waals surface area contributed by atoms with Gasteiger partial charge in [-0.25, -0.2) is 4.79 Å². The molecule has 0 saturated heterocycles. The Kier molecular flexibility index (Phi) is 4.10. The molecule has 0 N–H and O–H groups in total. The second kappa shape index (κ2) is 6.98. The van der Waals surface area contributed by atoms with Gasteiger partial charge in [0.2, 0.25) is 0 Å². The number of aromatic nitrogens is 1. The second-order valence-corrected chi connectivity index (χ2v) is 8.20. The first kappa shape index (κ1) is 18.2. The van der Waals surface area contributed by atoms with Crippen LogP contribution in [0.4, 0.5) is 0 Å². The van der Waals surface area contributed by atoms with E-state index >= 15 is 0 Å². The monoisotopic (exact) mass is 405 g/mol. The van der Waals surface area contributed by atoms with E-state index in [1.165, 1.54) is 43.9 Å². The summed E-state index contributed by atoms with van der Waals surface area (Å²) in [6.45, 7) is 3.26. The molecule has 3 nitrogen and oxygen atoms in total. The fourth-order valence-corrected chi connectivity index (χ4v) is 5.31. The first-order valence-electron chi connectivity index (χ1n) is 11.0. The molecule has 1 aliphatic heterocycles. The van der Waals surface area contributed by atoms with E-state index in [1.54, 1.807) is 0 Å². The molecule has 0 amide bonds. The standard InChI is InChI=1S/C28H23NO2/c1-2-31-28(30)19-14-15-20-23(17-19)25(18-9-4-3-5-10-18)22-12-8-16-29-24-13-7-6-11-21(24)26(20)27(22)29/h3-7,9-11,13-15,17H,2,8,12,16H2,1H3. The minimum absolute atomic E-state index is 0.264. The van der Waals surface area contributed by atoms with Gasteiger partial charge in [-0.2, -0.15) is 0 Å². The van der Waals surface area contributed by atoms with E-state index in [0.717, 1.165) is 24.8 Å². The smallest absolute Gasteiger partial charge is 0.338 e. The van der Waals surface area contributed by atoms with Gasteiger partial charge in [0.05, 0.1) is 17.7 Å². The highest BCUT2D eigenvalue weighted by molar-refractivity contribution is 6.25. The highest BCUT2D eigenvalue weighted by Crippen LogP contribution is 2.45. The molecule has 0 unspecified atom stereocenters. The van der Waals surface area contributed by atoms with Crippen LogP contribution in [0.5, 0.6) is 0 Å². The first-order chi connectivity index (χ1) is 15.3. The van der Waals surface area contributed by atoms with Crippen LogP contribution < -0.4 is 0 Å². The molecule has 0 saturated carbocycles. The average Bonchev–Trinajstić information content (AvgIpc) is 3.16. The molecule has 152 valence electrons. The van der Waals surface area contributed by atoms with Gasteiger partial charge < -0.3 is 9.30 Å². The molecule has 31 heavy (non-hydrogen) atoms. The molecule has 0 radical (unpaired) electrons. The Hall–Kier alpha value is -3.59. The minimum Gasteiger partial charge on any atom is -0.462 e. The van der Waals surface area contributed by atoms with E-state index in [-0.39, 0.29) is 5.97 Å². The third-order valence-corrected chi connectivity index (χ3v) is 6.50. The molecule has 0 atom stereocenters. The normalized spacial score (nSPS) is 13.2. The summed E-state index contributed by atoms with van der Waals surface area (Å²) in [7, 11) is 0. The minimum atomic E-state index is -0.264.